The molecule has 0 unspecified atom stereocenters. The molecule has 3 atom stereocenters. The number of hydrogen-bond acceptors (Lipinski definition) is 6. The number of amides is 2. The first-order valence-electron chi connectivity index (χ1n) is 10.5. The number of carbonyl (C=O) groups excluding carboxylic acids is 2. The molecule has 0 saturated carbocycles. The van der Waals surface area contributed by atoms with Crippen molar-refractivity contribution < 1.29 is 29.7 Å². The van der Waals surface area contributed by atoms with Crippen molar-refractivity contribution in [2.24, 2.45) is 0 Å². The highest BCUT2D eigenvalue weighted by atomic mass is 32.2. The first-order valence-corrected chi connectivity index (χ1v) is 11.5. The van der Waals surface area contributed by atoms with E-state index in [2.05, 4.69) is 5.32 Å². The van der Waals surface area contributed by atoms with E-state index in [9.17, 15) is 29.7 Å². The van der Waals surface area contributed by atoms with Crippen LogP contribution in [0.25, 0.3) is 0 Å². The number of nitrogens with one attached hydrogen (secondary N) is 1. The number of carboxylic acid groups (broad SMARTS) is 1. The van der Waals surface area contributed by atoms with E-state index in [1.165, 1.54) is 30.0 Å². The van der Waals surface area contributed by atoms with Gasteiger partial charge in [0.15, 0.2) is 6.10 Å². The van der Waals surface area contributed by atoms with Crippen LogP contribution in [0.3, 0.4) is 0 Å². The van der Waals surface area contributed by atoms with Crippen LogP contribution in [0.2, 0.25) is 0 Å². The predicted octanol–water partition coefficient (Wildman–Crippen LogP) is 2.17. The second-order valence-electron chi connectivity index (χ2n) is 8.64. The summed E-state index contributed by atoms with van der Waals surface area (Å²) in [5.41, 5.74) is 1.63. The number of thioether (sulfide) groups is 1. The standard InChI is InChI=1S/C24H28N2O6S/c1-14-11-16(27)9-10-17(14)21(29)25-18(12-15-7-5-4-6-8-15)19(28)22(30)26-13-33-24(2,3)20(26)23(31)32/h4-11,18-20,27-28H,12-13H2,1-3H3,(H,25,29)(H,31,32)/t18-,19-,20+/m0/s1. The molecule has 4 N–H and O–H groups in total. The highest BCUT2D eigenvalue weighted by Gasteiger charge is 2.50. The number of aliphatic carboxylic acids is 1. The number of aliphatic hydroxyl groups is 1. The third-order valence-corrected chi connectivity index (χ3v) is 7.14. The minimum Gasteiger partial charge on any atom is -0.508 e. The van der Waals surface area contributed by atoms with E-state index in [1.807, 2.05) is 30.3 Å². The Morgan fingerprint density at radius 3 is 2.45 bits per heavy atom. The van der Waals surface area contributed by atoms with Gasteiger partial charge in [-0.3, -0.25) is 9.59 Å². The quantitative estimate of drug-likeness (QED) is 0.486. The average molecular weight is 473 g/mol. The first kappa shape index (κ1) is 24.6. The normalized spacial score (nSPS) is 19.0. The molecule has 1 fully saturated rings. The van der Waals surface area contributed by atoms with E-state index in [4.69, 9.17) is 0 Å². The molecule has 1 aliphatic rings. The van der Waals surface area contributed by atoms with E-state index in [0.29, 0.717) is 11.1 Å². The number of phenols is 1. The minimum atomic E-state index is -1.65. The molecule has 0 aromatic heterocycles. The molecule has 8 nitrogen and oxygen atoms in total. The molecular weight excluding hydrogens is 444 g/mol. The summed E-state index contributed by atoms with van der Waals surface area (Å²) < 4.78 is -0.720. The Morgan fingerprint density at radius 1 is 1.18 bits per heavy atom. The SMILES string of the molecule is Cc1cc(O)ccc1C(=O)N[C@@H](Cc1ccccc1)[C@H](O)C(=O)N1CSC(C)(C)[C@H]1C(=O)O. The van der Waals surface area contributed by atoms with Crippen molar-refractivity contribution >= 4 is 29.5 Å². The number of aliphatic hydroxyl groups excluding tert-OH is 1. The van der Waals surface area contributed by atoms with Crippen LogP contribution in [-0.4, -0.2) is 66.8 Å². The van der Waals surface area contributed by atoms with Gasteiger partial charge in [-0.25, -0.2) is 4.79 Å². The fourth-order valence-corrected chi connectivity index (χ4v) is 5.12. The molecule has 0 spiro atoms. The number of aromatic hydroxyl groups is 1. The van der Waals surface area contributed by atoms with Crippen molar-refractivity contribution in [1.82, 2.24) is 10.2 Å². The van der Waals surface area contributed by atoms with Gasteiger partial charge in [0.1, 0.15) is 11.8 Å². The van der Waals surface area contributed by atoms with E-state index in [1.54, 1.807) is 20.8 Å². The van der Waals surface area contributed by atoms with E-state index < -0.39 is 40.7 Å². The summed E-state index contributed by atoms with van der Waals surface area (Å²) in [5.74, 6) is -2.25. The van der Waals surface area contributed by atoms with E-state index in [-0.39, 0.29) is 18.0 Å². The molecule has 1 saturated heterocycles. The third-order valence-electron chi connectivity index (χ3n) is 5.77. The van der Waals surface area contributed by atoms with Crippen molar-refractivity contribution in [2.45, 2.75) is 50.1 Å². The maximum absolute atomic E-state index is 13.2. The second-order valence-corrected chi connectivity index (χ2v) is 10.2. The number of nitrogens with zero attached hydrogens (tertiary/aromatic N) is 1. The van der Waals surface area contributed by atoms with Crippen LogP contribution in [0.1, 0.15) is 35.3 Å². The van der Waals surface area contributed by atoms with Crippen LogP contribution in [0.15, 0.2) is 48.5 Å². The smallest absolute Gasteiger partial charge is 0.327 e. The zero-order chi connectivity index (χ0) is 24.3. The van der Waals surface area contributed by atoms with Crippen LogP contribution in [0.4, 0.5) is 0 Å². The number of phenolic OH excluding ortho intramolecular Hbond substituents is 1. The Labute approximate surface area is 196 Å². The van der Waals surface area contributed by atoms with E-state index in [0.717, 1.165) is 10.5 Å². The molecule has 3 rings (SSSR count). The Morgan fingerprint density at radius 2 is 1.85 bits per heavy atom. The summed E-state index contributed by atoms with van der Waals surface area (Å²) in [4.78, 5) is 39.2. The molecule has 0 radical (unpaired) electrons. The van der Waals surface area contributed by atoms with Crippen molar-refractivity contribution in [3.05, 3.63) is 65.2 Å². The van der Waals surface area contributed by atoms with E-state index >= 15 is 0 Å². The van der Waals surface area contributed by atoms with Crippen LogP contribution >= 0.6 is 11.8 Å². The zero-order valence-corrected chi connectivity index (χ0v) is 19.5. The highest BCUT2D eigenvalue weighted by Crippen LogP contribution is 2.39. The number of aryl methyl sites for hydroxylation is 1. The topological polar surface area (TPSA) is 127 Å². The maximum atomic E-state index is 13.2. The molecule has 0 bridgehead atoms. The molecule has 2 amide bonds. The predicted molar refractivity (Wildman–Crippen MR) is 125 cm³/mol. The number of carbonyl (C=O) groups is 3. The molecule has 1 heterocycles. The summed E-state index contributed by atoms with van der Waals surface area (Å²) in [6.45, 7) is 5.16. The molecular formula is C24H28N2O6S. The van der Waals surface area contributed by atoms with Gasteiger partial charge in [0, 0.05) is 10.3 Å². The Balaban J connectivity index is 1.87. The molecule has 9 heteroatoms. The summed E-state index contributed by atoms with van der Waals surface area (Å²) in [5, 5.41) is 33.1. The lowest BCUT2D eigenvalue weighted by atomic mass is 9.97. The van der Waals surface area contributed by atoms with Gasteiger partial charge < -0.3 is 25.5 Å². The number of carboxylic acids is 1. The summed E-state index contributed by atoms with van der Waals surface area (Å²) in [7, 11) is 0. The van der Waals surface area contributed by atoms with Gasteiger partial charge in [-0.1, -0.05) is 30.3 Å². The minimum absolute atomic E-state index is 0.0222. The lowest BCUT2D eigenvalue weighted by molar-refractivity contribution is -0.154. The van der Waals surface area contributed by atoms with Gasteiger partial charge >= 0.3 is 5.97 Å². The van der Waals surface area contributed by atoms with Crippen molar-refractivity contribution in [2.75, 3.05) is 5.88 Å². The summed E-state index contributed by atoms with van der Waals surface area (Å²) in [6, 6.07) is 11.3. The fourth-order valence-electron chi connectivity index (χ4n) is 3.99. The molecule has 176 valence electrons. The fraction of sp³-hybridized carbons (Fsp3) is 0.375. The van der Waals surface area contributed by atoms with Crippen molar-refractivity contribution in [3.63, 3.8) is 0 Å². The molecule has 2 aromatic rings. The third kappa shape index (κ3) is 5.48. The van der Waals surface area contributed by atoms with Crippen LogP contribution < -0.4 is 5.32 Å². The lowest BCUT2D eigenvalue weighted by Gasteiger charge is -2.31. The monoisotopic (exact) mass is 472 g/mol. The summed E-state index contributed by atoms with van der Waals surface area (Å²) in [6.07, 6.45) is -1.48. The van der Waals surface area contributed by atoms with Gasteiger partial charge in [-0.15, -0.1) is 11.8 Å². The Kier molecular flexibility index (Phi) is 7.34. The molecule has 33 heavy (non-hydrogen) atoms. The lowest BCUT2D eigenvalue weighted by Crippen LogP contribution is -2.57. The Bertz CT molecular complexity index is 1040. The van der Waals surface area contributed by atoms with Gasteiger partial charge in [0.2, 0.25) is 0 Å². The second kappa shape index (κ2) is 9.84. The largest absolute Gasteiger partial charge is 0.508 e. The number of hydrogen-bond donors (Lipinski definition) is 4. The van der Waals surface area contributed by atoms with Gasteiger partial charge in [-0.05, 0) is 56.5 Å². The molecule has 1 aliphatic heterocycles. The van der Waals surface area contributed by atoms with Gasteiger partial charge in [0.05, 0.1) is 11.9 Å². The first-order chi connectivity index (χ1) is 15.5. The number of rotatable bonds is 7. The molecule has 0 aliphatic carbocycles. The van der Waals surface area contributed by atoms with Crippen LogP contribution in [0, 0.1) is 6.92 Å². The van der Waals surface area contributed by atoms with Crippen LogP contribution in [0.5, 0.6) is 5.75 Å². The zero-order valence-electron chi connectivity index (χ0n) is 18.7. The number of benzene rings is 2. The molecule has 2 aromatic carbocycles. The summed E-state index contributed by atoms with van der Waals surface area (Å²) >= 11 is 1.32. The van der Waals surface area contributed by atoms with Crippen LogP contribution in [-0.2, 0) is 16.0 Å². The van der Waals surface area contributed by atoms with Gasteiger partial charge in [0.25, 0.3) is 11.8 Å². The maximum Gasteiger partial charge on any atom is 0.327 e. The van der Waals surface area contributed by atoms with Crippen molar-refractivity contribution in [3.8, 4) is 5.75 Å². The average Bonchev–Trinajstić information content (AvgIpc) is 3.08. The van der Waals surface area contributed by atoms with Gasteiger partial charge in [-0.2, -0.15) is 0 Å². The van der Waals surface area contributed by atoms with Crippen molar-refractivity contribution in [1.29, 1.82) is 0 Å². The Hall–Kier alpha value is -3.04. The highest BCUT2D eigenvalue weighted by molar-refractivity contribution is 8.00.